The SMILES string of the molecule is Nc1ccc(Sc2ccc(N)c(OC(F)=C(F)C(F)(F)C(F)(F)C(F)(F)C(F)(F)C(F)(F)C(F)(F)C(F)(F)F)c2)cc1OC(F)=C(F)C(F)(F)C(F)(F)C(F)(F)C(F)(F)C(F)(F)C(F)(F)C(F)(F)F. The van der Waals surface area contributed by atoms with Crippen LogP contribution in [-0.4, -0.2) is 83.4 Å². The van der Waals surface area contributed by atoms with Crippen LogP contribution in [0.2, 0.25) is 0 Å². The summed E-state index contributed by atoms with van der Waals surface area (Å²) >= 11 is -0.114. The van der Waals surface area contributed by atoms with Gasteiger partial charge in [-0.25, -0.2) is 0 Å². The highest BCUT2D eigenvalue weighted by atomic mass is 32.2. The Kier molecular flexibility index (Phi) is 15.2. The maximum Gasteiger partial charge on any atom is 0.460 e. The minimum atomic E-state index is -8.93. The Labute approximate surface area is 358 Å². The van der Waals surface area contributed by atoms with E-state index >= 15 is 0 Å². The number of anilines is 2. The average molecular weight is 1110 g/mol. The molecule has 4 N–H and O–H groups in total. The Morgan fingerprint density at radius 3 is 0.783 bits per heavy atom. The van der Waals surface area contributed by atoms with Gasteiger partial charge in [-0.1, -0.05) is 11.8 Å². The van der Waals surface area contributed by atoms with Gasteiger partial charge in [0.15, 0.2) is 11.5 Å². The van der Waals surface area contributed by atoms with Crippen molar-refractivity contribution in [3.8, 4) is 11.5 Å². The number of halogens is 34. The second kappa shape index (κ2) is 17.4. The summed E-state index contributed by atoms with van der Waals surface area (Å²) in [5.74, 6) is -117. The second-order valence-electron chi connectivity index (χ2n) is 12.8. The molecule has 2 aromatic carbocycles. The first-order valence-electron chi connectivity index (χ1n) is 15.7. The molecule has 69 heavy (non-hydrogen) atoms. The molecule has 39 heteroatoms. The minimum Gasteiger partial charge on any atom is -0.427 e. The molecule has 0 amide bonds. The lowest BCUT2D eigenvalue weighted by atomic mass is 9.91. The number of rotatable bonds is 18. The van der Waals surface area contributed by atoms with Gasteiger partial charge in [0.1, 0.15) is 0 Å². The third kappa shape index (κ3) is 9.07. The van der Waals surface area contributed by atoms with Crippen molar-refractivity contribution in [1.82, 2.24) is 0 Å². The quantitative estimate of drug-likeness (QED) is 0.0884. The molecular weight excluding hydrogens is 1100 g/mol. The highest BCUT2D eigenvalue weighted by Gasteiger charge is 2.95. The standard InChI is InChI=1S/C30H10F34N2O2S/c31-13(17(35,36)19(39,40)21(43,44)23(47,48)25(51,52)27(55,56)29(59,60)61)15(33)67-11-5-7(1-3-9(11)65)69-8-2-4-10(66)12(6-8)68-16(34)14(32)18(37,38)20(41,42)22(45,46)24(49,50)26(53,54)28(57,58)30(62,63)64/h1-6H,65-66H2. The summed E-state index contributed by atoms with van der Waals surface area (Å²) < 4.78 is 468. The molecule has 0 spiro atoms. The number of hydrogen-bond acceptors (Lipinski definition) is 5. The fraction of sp³-hybridized carbons (Fsp3) is 0.467. The third-order valence-electron chi connectivity index (χ3n) is 8.16. The first-order valence-corrected chi connectivity index (χ1v) is 16.5. The molecule has 2 aromatic rings. The summed E-state index contributed by atoms with van der Waals surface area (Å²) in [5, 5.41) is 0. The van der Waals surface area contributed by atoms with Gasteiger partial charge in [-0.05, 0) is 36.4 Å². The second-order valence-corrected chi connectivity index (χ2v) is 13.9. The van der Waals surface area contributed by atoms with Crippen molar-refractivity contribution in [3.05, 3.63) is 60.1 Å². The fourth-order valence-corrected chi connectivity index (χ4v) is 5.08. The Morgan fingerprint density at radius 2 is 0.551 bits per heavy atom. The number of nitrogen functional groups attached to an aromatic ring is 2. The molecule has 0 saturated carbocycles. The van der Waals surface area contributed by atoms with E-state index in [9.17, 15) is 149 Å². The van der Waals surface area contributed by atoms with Crippen LogP contribution in [0, 0.1) is 0 Å². The van der Waals surface area contributed by atoms with Crippen molar-refractivity contribution < 1.29 is 159 Å². The van der Waals surface area contributed by atoms with E-state index < -0.39 is 140 Å². The number of nitrogens with two attached hydrogens (primary N) is 2. The van der Waals surface area contributed by atoms with Gasteiger partial charge in [0.25, 0.3) is 0 Å². The van der Waals surface area contributed by atoms with Gasteiger partial charge in [-0.2, -0.15) is 149 Å². The lowest BCUT2D eigenvalue weighted by molar-refractivity contribution is -0.451. The van der Waals surface area contributed by atoms with Crippen LogP contribution in [0.25, 0.3) is 0 Å². The molecule has 0 fully saturated rings. The van der Waals surface area contributed by atoms with Gasteiger partial charge in [0.2, 0.25) is 11.7 Å². The van der Waals surface area contributed by atoms with Crippen molar-refractivity contribution in [2.75, 3.05) is 11.5 Å². The zero-order valence-corrected chi connectivity index (χ0v) is 31.5. The Bertz CT molecular complexity index is 2140. The van der Waals surface area contributed by atoms with E-state index in [0.29, 0.717) is 24.3 Å². The number of allylic oxidation sites excluding steroid dienone is 2. The van der Waals surface area contributed by atoms with Crippen molar-refractivity contribution in [1.29, 1.82) is 0 Å². The highest BCUT2D eigenvalue weighted by Crippen LogP contribution is 2.65. The first-order chi connectivity index (χ1) is 30.1. The molecule has 2 rings (SSSR count). The van der Waals surface area contributed by atoms with E-state index in [4.69, 9.17) is 11.5 Å². The fourth-order valence-electron chi connectivity index (χ4n) is 4.21. The molecule has 0 heterocycles. The summed E-state index contributed by atoms with van der Waals surface area (Å²) in [6.45, 7) is 0. The van der Waals surface area contributed by atoms with Crippen LogP contribution >= 0.6 is 11.8 Å². The molecule has 0 unspecified atom stereocenters. The van der Waals surface area contributed by atoms with E-state index in [1.54, 1.807) is 0 Å². The zero-order chi connectivity index (χ0) is 55.1. The Hall–Kier alpha value is -4.91. The number of ether oxygens (including phenoxy) is 2. The van der Waals surface area contributed by atoms with Crippen LogP contribution in [-0.2, 0) is 0 Å². The molecule has 0 aromatic heterocycles. The highest BCUT2D eigenvalue weighted by molar-refractivity contribution is 7.99. The lowest BCUT2D eigenvalue weighted by Crippen LogP contribution is -2.72. The van der Waals surface area contributed by atoms with Crippen LogP contribution in [0.1, 0.15) is 0 Å². The predicted molar refractivity (Wildman–Crippen MR) is 157 cm³/mol. The summed E-state index contributed by atoms with van der Waals surface area (Å²) in [7, 11) is 0. The molecule has 0 aliphatic heterocycles. The Morgan fingerprint density at radius 1 is 0.333 bits per heavy atom. The monoisotopic (exact) mass is 1110 g/mol. The summed E-state index contributed by atoms with van der Waals surface area (Å²) in [4.78, 5) is -1.60. The van der Waals surface area contributed by atoms with E-state index in [-0.39, 0.29) is 23.9 Å². The molecule has 0 radical (unpaired) electrons. The van der Waals surface area contributed by atoms with Gasteiger partial charge < -0.3 is 20.9 Å². The van der Waals surface area contributed by atoms with Gasteiger partial charge in [0.05, 0.1) is 11.4 Å². The molecule has 0 atom stereocenters. The van der Waals surface area contributed by atoms with Crippen LogP contribution in [0.5, 0.6) is 11.5 Å². The van der Waals surface area contributed by atoms with Gasteiger partial charge >= 0.3 is 95.4 Å². The molecule has 0 aliphatic rings. The lowest BCUT2D eigenvalue weighted by Gasteiger charge is -2.41. The van der Waals surface area contributed by atoms with E-state index in [1.165, 1.54) is 0 Å². The number of alkyl halides is 30. The van der Waals surface area contributed by atoms with E-state index in [1.807, 2.05) is 0 Å². The van der Waals surface area contributed by atoms with Crippen LogP contribution < -0.4 is 20.9 Å². The summed E-state index contributed by atoms with van der Waals surface area (Å²) in [6, 6.07) is -6.12. The van der Waals surface area contributed by atoms with Crippen LogP contribution in [0.3, 0.4) is 0 Å². The van der Waals surface area contributed by atoms with Gasteiger partial charge in [-0.3, -0.25) is 0 Å². The summed E-state index contributed by atoms with van der Waals surface area (Å²) in [5.41, 5.74) is 7.90. The minimum absolute atomic E-state index is 0.0510. The molecule has 4 nitrogen and oxygen atoms in total. The van der Waals surface area contributed by atoms with Crippen molar-refractivity contribution in [2.24, 2.45) is 0 Å². The first kappa shape index (κ1) is 60.2. The maximum absolute atomic E-state index is 14.4. The smallest absolute Gasteiger partial charge is 0.427 e. The van der Waals surface area contributed by atoms with Crippen molar-refractivity contribution in [2.45, 2.75) is 93.2 Å². The van der Waals surface area contributed by atoms with Crippen LogP contribution in [0.4, 0.5) is 161 Å². The number of benzene rings is 2. The van der Waals surface area contributed by atoms with Gasteiger partial charge in [0, 0.05) is 9.79 Å². The van der Waals surface area contributed by atoms with Crippen molar-refractivity contribution >= 4 is 23.1 Å². The predicted octanol–water partition coefficient (Wildman–Crippen LogP) is 14.7. The molecule has 396 valence electrons. The van der Waals surface area contributed by atoms with Gasteiger partial charge in [-0.15, -0.1) is 0 Å². The third-order valence-corrected chi connectivity index (χ3v) is 9.14. The maximum atomic E-state index is 14.4. The van der Waals surface area contributed by atoms with E-state index in [2.05, 4.69) is 9.47 Å². The summed E-state index contributed by atoms with van der Waals surface area (Å²) in [6.07, 6.45) is -16.0. The molecule has 0 bridgehead atoms. The zero-order valence-electron chi connectivity index (χ0n) is 30.7. The average Bonchev–Trinajstić information content (AvgIpc) is 3.17. The van der Waals surface area contributed by atoms with Crippen LogP contribution in [0.15, 0.2) is 69.9 Å². The Balaban J connectivity index is 2.56. The molecule has 0 aliphatic carbocycles. The molecular formula is C30H10F34N2O2S. The van der Waals surface area contributed by atoms with E-state index in [0.717, 1.165) is 0 Å². The number of hydrogen-bond donors (Lipinski definition) is 2. The largest absolute Gasteiger partial charge is 0.460 e. The topological polar surface area (TPSA) is 70.5 Å². The molecule has 0 saturated heterocycles. The van der Waals surface area contributed by atoms with Crippen molar-refractivity contribution in [3.63, 3.8) is 0 Å². The normalized spacial score (nSPS) is 16.0.